The van der Waals surface area contributed by atoms with Gasteiger partial charge in [-0.2, -0.15) is 0 Å². The fourth-order valence-corrected chi connectivity index (χ4v) is 3.40. The predicted molar refractivity (Wildman–Crippen MR) is 136 cm³/mol. The van der Waals surface area contributed by atoms with Crippen LogP contribution in [0.15, 0.2) is 6.20 Å². The number of aliphatic hydroxyl groups excluding tert-OH is 1. The van der Waals surface area contributed by atoms with E-state index in [0.717, 1.165) is 43.4 Å². The number of amides is 1. The standard InChI is InChI=1S/C27H46N2O6/c1-7-9-16-33-24(31)14-12-11-13-15-29(26(32)35-27(4,5)6)19-23-22(20-30)18-28-21(3)25(23)34-17-10-8-2/h18,30H,7-17,19-20H2,1-6H3. The smallest absolute Gasteiger partial charge is 0.410 e. The van der Waals surface area contributed by atoms with Gasteiger partial charge in [0.15, 0.2) is 0 Å². The quantitative estimate of drug-likeness (QED) is 0.232. The zero-order valence-corrected chi connectivity index (χ0v) is 22.7. The molecule has 1 N–H and O–H groups in total. The van der Waals surface area contributed by atoms with Gasteiger partial charge in [0.1, 0.15) is 11.4 Å². The van der Waals surface area contributed by atoms with Crippen LogP contribution in [0, 0.1) is 6.92 Å². The number of aromatic nitrogens is 1. The highest BCUT2D eigenvalue weighted by Crippen LogP contribution is 2.28. The van der Waals surface area contributed by atoms with Gasteiger partial charge >= 0.3 is 12.1 Å². The normalized spacial score (nSPS) is 11.3. The van der Waals surface area contributed by atoms with Gasteiger partial charge in [0.2, 0.25) is 0 Å². The van der Waals surface area contributed by atoms with Crippen LogP contribution in [0.3, 0.4) is 0 Å². The van der Waals surface area contributed by atoms with Crippen molar-refractivity contribution in [2.75, 3.05) is 19.8 Å². The Morgan fingerprint density at radius 3 is 2.34 bits per heavy atom. The average Bonchev–Trinajstić information content (AvgIpc) is 2.78. The minimum absolute atomic E-state index is 0.170. The van der Waals surface area contributed by atoms with Crippen LogP contribution in [0.25, 0.3) is 0 Å². The number of carbonyl (C=O) groups excluding carboxylic acids is 2. The number of ether oxygens (including phenoxy) is 3. The third-order valence-corrected chi connectivity index (χ3v) is 5.39. The Bertz CT molecular complexity index is 776. The number of nitrogens with zero attached hydrogens (tertiary/aromatic N) is 2. The lowest BCUT2D eigenvalue weighted by atomic mass is 10.1. The van der Waals surface area contributed by atoms with Crippen molar-refractivity contribution in [1.29, 1.82) is 0 Å². The summed E-state index contributed by atoms with van der Waals surface area (Å²) in [5, 5.41) is 9.94. The van der Waals surface area contributed by atoms with Gasteiger partial charge in [-0.05, 0) is 53.4 Å². The lowest BCUT2D eigenvalue weighted by Crippen LogP contribution is -2.37. The fourth-order valence-electron chi connectivity index (χ4n) is 3.40. The second-order valence-electron chi connectivity index (χ2n) is 9.82. The number of aliphatic hydroxyl groups is 1. The summed E-state index contributed by atoms with van der Waals surface area (Å²) in [4.78, 5) is 30.9. The van der Waals surface area contributed by atoms with Crippen LogP contribution < -0.4 is 4.74 Å². The van der Waals surface area contributed by atoms with Crippen LogP contribution in [-0.4, -0.2) is 52.4 Å². The molecule has 8 heteroatoms. The third kappa shape index (κ3) is 12.3. The van der Waals surface area contributed by atoms with Crippen molar-refractivity contribution in [1.82, 2.24) is 9.88 Å². The van der Waals surface area contributed by atoms with Gasteiger partial charge in [-0.3, -0.25) is 9.78 Å². The first-order valence-electron chi connectivity index (χ1n) is 13.0. The molecule has 200 valence electrons. The van der Waals surface area contributed by atoms with E-state index in [1.165, 1.54) is 0 Å². The largest absolute Gasteiger partial charge is 0.491 e. The molecule has 0 aliphatic rings. The molecular weight excluding hydrogens is 448 g/mol. The van der Waals surface area contributed by atoms with Crippen LogP contribution in [0.1, 0.15) is 103 Å². The van der Waals surface area contributed by atoms with Crippen molar-refractivity contribution in [3.63, 3.8) is 0 Å². The topological polar surface area (TPSA) is 98.2 Å². The Hall–Kier alpha value is -2.35. The molecular formula is C27H46N2O6. The molecule has 0 unspecified atom stereocenters. The van der Waals surface area contributed by atoms with Crippen molar-refractivity contribution < 1.29 is 28.9 Å². The molecule has 0 aliphatic carbocycles. The molecule has 8 nitrogen and oxygen atoms in total. The summed E-state index contributed by atoms with van der Waals surface area (Å²) in [5.41, 5.74) is 1.47. The molecule has 0 radical (unpaired) electrons. The second kappa shape index (κ2) is 16.3. The maximum Gasteiger partial charge on any atom is 0.410 e. The number of carbonyl (C=O) groups is 2. The first-order chi connectivity index (χ1) is 16.6. The summed E-state index contributed by atoms with van der Waals surface area (Å²) in [6.45, 7) is 13.0. The summed E-state index contributed by atoms with van der Waals surface area (Å²) in [7, 11) is 0. The van der Waals surface area contributed by atoms with E-state index in [1.807, 2.05) is 27.7 Å². The Balaban J connectivity index is 2.91. The van der Waals surface area contributed by atoms with E-state index in [1.54, 1.807) is 11.1 Å². The molecule has 1 amide bonds. The molecule has 0 aliphatic heterocycles. The Labute approximate surface area is 211 Å². The SMILES string of the molecule is CCCCOC(=O)CCCCCN(Cc1c(CO)cnc(C)c1OCCCC)C(=O)OC(C)(C)C. The highest BCUT2D eigenvalue weighted by Gasteiger charge is 2.25. The third-order valence-electron chi connectivity index (χ3n) is 5.39. The van der Waals surface area contributed by atoms with Crippen LogP contribution in [-0.2, 0) is 27.4 Å². The van der Waals surface area contributed by atoms with Crippen LogP contribution in [0.4, 0.5) is 4.79 Å². The number of hydrogen-bond acceptors (Lipinski definition) is 7. The lowest BCUT2D eigenvalue weighted by molar-refractivity contribution is -0.143. The molecule has 1 aromatic heterocycles. The van der Waals surface area contributed by atoms with Gasteiger partial charge < -0.3 is 24.2 Å². The number of hydrogen-bond donors (Lipinski definition) is 1. The van der Waals surface area contributed by atoms with Gasteiger partial charge in [0.05, 0.1) is 32.1 Å². The monoisotopic (exact) mass is 494 g/mol. The zero-order chi connectivity index (χ0) is 26.3. The second-order valence-corrected chi connectivity index (χ2v) is 9.82. The van der Waals surface area contributed by atoms with E-state index in [-0.39, 0.29) is 19.1 Å². The van der Waals surface area contributed by atoms with Crippen molar-refractivity contribution in [3.8, 4) is 5.75 Å². The van der Waals surface area contributed by atoms with E-state index in [2.05, 4.69) is 18.8 Å². The van der Waals surface area contributed by atoms with Gasteiger partial charge in [0, 0.05) is 30.3 Å². The van der Waals surface area contributed by atoms with E-state index < -0.39 is 11.7 Å². The van der Waals surface area contributed by atoms with Crippen molar-refractivity contribution in [2.45, 2.75) is 112 Å². The van der Waals surface area contributed by atoms with Crippen molar-refractivity contribution in [2.24, 2.45) is 0 Å². The molecule has 0 bridgehead atoms. The maximum absolute atomic E-state index is 13.0. The van der Waals surface area contributed by atoms with Crippen molar-refractivity contribution in [3.05, 3.63) is 23.0 Å². The predicted octanol–water partition coefficient (Wildman–Crippen LogP) is 5.70. The van der Waals surface area contributed by atoms with E-state index in [9.17, 15) is 14.7 Å². The summed E-state index contributed by atoms with van der Waals surface area (Å²) >= 11 is 0. The first-order valence-corrected chi connectivity index (χ1v) is 13.0. The molecule has 0 fully saturated rings. The molecule has 1 heterocycles. The van der Waals surface area contributed by atoms with E-state index in [0.29, 0.717) is 50.3 Å². The Morgan fingerprint density at radius 1 is 1.03 bits per heavy atom. The maximum atomic E-state index is 13.0. The molecule has 1 rings (SSSR count). The van der Waals surface area contributed by atoms with Gasteiger partial charge in [-0.15, -0.1) is 0 Å². The number of pyridine rings is 1. The molecule has 1 aromatic rings. The Kier molecular flexibility index (Phi) is 14.3. The molecule has 0 spiro atoms. The summed E-state index contributed by atoms with van der Waals surface area (Å²) in [6, 6.07) is 0. The summed E-state index contributed by atoms with van der Waals surface area (Å²) in [6.07, 6.45) is 7.56. The van der Waals surface area contributed by atoms with E-state index in [4.69, 9.17) is 14.2 Å². The molecule has 0 atom stereocenters. The van der Waals surface area contributed by atoms with Gasteiger partial charge in [-0.1, -0.05) is 33.1 Å². The highest BCUT2D eigenvalue weighted by molar-refractivity contribution is 5.69. The summed E-state index contributed by atoms with van der Waals surface area (Å²) < 4.78 is 16.9. The van der Waals surface area contributed by atoms with Crippen LogP contribution in [0.2, 0.25) is 0 Å². The average molecular weight is 495 g/mol. The van der Waals surface area contributed by atoms with Crippen LogP contribution >= 0.6 is 0 Å². The molecule has 35 heavy (non-hydrogen) atoms. The highest BCUT2D eigenvalue weighted by atomic mass is 16.6. The summed E-state index contributed by atoms with van der Waals surface area (Å²) in [5.74, 6) is 0.449. The fraction of sp³-hybridized carbons (Fsp3) is 0.741. The van der Waals surface area contributed by atoms with Gasteiger partial charge in [-0.25, -0.2) is 4.79 Å². The number of rotatable bonds is 16. The lowest BCUT2D eigenvalue weighted by Gasteiger charge is -2.29. The first kappa shape index (κ1) is 30.7. The molecule has 0 aromatic carbocycles. The number of unbranched alkanes of at least 4 members (excludes halogenated alkanes) is 4. The number of aryl methyl sites for hydroxylation is 1. The van der Waals surface area contributed by atoms with Crippen LogP contribution in [0.5, 0.6) is 5.75 Å². The number of esters is 1. The molecule has 0 saturated carbocycles. The zero-order valence-electron chi connectivity index (χ0n) is 22.7. The minimum Gasteiger partial charge on any atom is -0.491 e. The molecule has 0 saturated heterocycles. The van der Waals surface area contributed by atoms with Crippen molar-refractivity contribution >= 4 is 12.1 Å². The van der Waals surface area contributed by atoms with Gasteiger partial charge in [0.25, 0.3) is 0 Å². The minimum atomic E-state index is -0.633. The van der Waals surface area contributed by atoms with E-state index >= 15 is 0 Å². The Morgan fingerprint density at radius 2 is 1.71 bits per heavy atom.